The second-order valence-electron chi connectivity index (χ2n) is 13.4. The smallest absolute Gasteiger partial charge is 0.318 e. The van der Waals surface area contributed by atoms with Crippen molar-refractivity contribution in [3.05, 3.63) is 23.8 Å². The van der Waals surface area contributed by atoms with Crippen molar-refractivity contribution in [1.82, 2.24) is 0 Å². The van der Waals surface area contributed by atoms with Crippen molar-refractivity contribution in [2.75, 3.05) is 66.1 Å². The maximum Gasteiger partial charge on any atom is 0.318 e. The Kier molecular flexibility index (Phi) is 15.1. The lowest BCUT2D eigenvalue weighted by molar-refractivity contribution is -0.211. The molecule has 0 radical (unpaired) electrons. The van der Waals surface area contributed by atoms with Crippen molar-refractivity contribution in [2.45, 2.75) is 97.9 Å². The van der Waals surface area contributed by atoms with Crippen LogP contribution in [0.5, 0.6) is 0 Å². The minimum absolute atomic E-state index is 0.0530. The van der Waals surface area contributed by atoms with Gasteiger partial charge >= 0.3 is 5.97 Å². The average molecular weight is 613 g/mol. The lowest BCUT2D eigenvalue weighted by atomic mass is 9.69. The molecule has 2 saturated heterocycles. The Labute approximate surface area is 258 Å². The summed E-state index contributed by atoms with van der Waals surface area (Å²) in [5, 5.41) is 11.5. The predicted molar refractivity (Wildman–Crippen MR) is 161 cm³/mol. The van der Waals surface area contributed by atoms with Crippen LogP contribution in [0.4, 0.5) is 0 Å². The van der Waals surface area contributed by atoms with Crippen molar-refractivity contribution < 1.29 is 47.8 Å². The number of carbonyl (C=O) groups excluding carboxylic acids is 1. The van der Waals surface area contributed by atoms with Crippen molar-refractivity contribution in [3.63, 3.8) is 0 Å². The highest BCUT2D eigenvalue weighted by Crippen LogP contribution is 2.43. The van der Waals surface area contributed by atoms with E-state index in [0.717, 1.165) is 63.7 Å². The van der Waals surface area contributed by atoms with E-state index in [2.05, 4.69) is 34.6 Å². The summed E-state index contributed by atoms with van der Waals surface area (Å²) in [6, 6.07) is 0. The van der Waals surface area contributed by atoms with Crippen molar-refractivity contribution in [3.8, 4) is 0 Å². The normalized spacial score (nSPS) is 26.7. The number of hydrogen-bond acceptors (Lipinski definition) is 10. The second-order valence-corrected chi connectivity index (χ2v) is 13.4. The molecular formula is C33H56O10. The number of hydrogen-bond donors (Lipinski definition) is 1. The van der Waals surface area contributed by atoms with Gasteiger partial charge < -0.3 is 43.0 Å². The molecular weight excluding hydrogens is 556 g/mol. The fourth-order valence-corrected chi connectivity index (χ4v) is 5.84. The molecule has 43 heavy (non-hydrogen) atoms. The molecule has 1 N–H and O–H groups in total. The molecule has 4 atom stereocenters. The Hall–Kier alpha value is -1.37. The van der Waals surface area contributed by atoms with E-state index in [1.165, 1.54) is 0 Å². The molecule has 2 aliphatic heterocycles. The highest BCUT2D eigenvalue weighted by atomic mass is 16.7. The number of carbonyl (C=O) groups is 1. The van der Waals surface area contributed by atoms with Crippen LogP contribution in [0.15, 0.2) is 23.8 Å². The van der Waals surface area contributed by atoms with E-state index in [4.69, 9.17) is 37.9 Å². The zero-order valence-corrected chi connectivity index (χ0v) is 27.1. The van der Waals surface area contributed by atoms with Gasteiger partial charge in [-0.25, -0.2) is 0 Å². The third-order valence-corrected chi connectivity index (χ3v) is 7.67. The van der Waals surface area contributed by atoms with Gasteiger partial charge in [0.05, 0.1) is 46.2 Å². The van der Waals surface area contributed by atoms with Crippen LogP contribution < -0.4 is 0 Å². The lowest BCUT2D eigenvalue weighted by Crippen LogP contribution is -2.46. The molecule has 0 bridgehead atoms. The Morgan fingerprint density at radius 1 is 0.837 bits per heavy atom. The second kappa shape index (κ2) is 17.9. The Morgan fingerprint density at radius 2 is 1.40 bits per heavy atom. The number of esters is 1. The Morgan fingerprint density at radius 3 is 1.93 bits per heavy atom. The highest BCUT2D eigenvalue weighted by Gasteiger charge is 2.44. The van der Waals surface area contributed by atoms with Gasteiger partial charge in [-0.1, -0.05) is 46.8 Å². The summed E-state index contributed by atoms with van der Waals surface area (Å²) in [6.07, 6.45) is 11.9. The quantitative estimate of drug-likeness (QED) is 0.130. The first-order valence-corrected chi connectivity index (χ1v) is 16.0. The molecule has 0 aromatic carbocycles. The van der Waals surface area contributed by atoms with Crippen LogP contribution in [0.3, 0.4) is 0 Å². The fraction of sp³-hybridized carbons (Fsp3) is 0.848. The SMILES string of the molecule is CC(C)(C)CC(C)(C)C1=CC(C(=O)OCCOCCOC2CCCCO2)C(O)(OCCOCCOC2CCCCO2)C=C1. The summed E-state index contributed by atoms with van der Waals surface area (Å²) in [4.78, 5) is 13.3. The van der Waals surface area contributed by atoms with Crippen LogP contribution in [0.1, 0.15) is 79.6 Å². The van der Waals surface area contributed by atoms with E-state index < -0.39 is 17.7 Å². The highest BCUT2D eigenvalue weighted by molar-refractivity contribution is 5.77. The standard InChI is InChI=1S/C33H56O10/c1-31(2,3)25-32(4,5)26-12-13-33(35,43-23-19-37-17-21-41-29-11-7-9-15-39-29)27(24-26)30(34)42-22-18-36-16-20-40-28-10-6-8-14-38-28/h12-13,24,27-29,35H,6-11,14-23,25H2,1-5H3. The minimum Gasteiger partial charge on any atom is -0.463 e. The summed E-state index contributed by atoms with van der Waals surface area (Å²) >= 11 is 0. The maximum absolute atomic E-state index is 13.3. The molecule has 4 unspecified atom stereocenters. The molecule has 3 aliphatic rings. The summed E-state index contributed by atoms with van der Waals surface area (Å²) in [5.41, 5.74) is 0.798. The lowest BCUT2D eigenvalue weighted by Gasteiger charge is -2.39. The van der Waals surface area contributed by atoms with E-state index in [9.17, 15) is 9.90 Å². The first-order chi connectivity index (χ1) is 20.5. The third kappa shape index (κ3) is 13.3. The van der Waals surface area contributed by atoms with Crippen LogP contribution in [0, 0.1) is 16.7 Å². The summed E-state index contributed by atoms with van der Waals surface area (Å²) in [6.45, 7) is 14.5. The minimum atomic E-state index is -1.86. The van der Waals surface area contributed by atoms with E-state index in [-0.39, 0.29) is 49.8 Å². The molecule has 0 aromatic rings. The molecule has 2 fully saturated rings. The average Bonchev–Trinajstić information content (AvgIpc) is 2.96. The van der Waals surface area contributed by atoms with Gasteiger partial charge in [-0.3, -0.25) is 4.79 Å². The van der Waals surface area contributed by atoms with E-state index in [1.54, 1.807) is 12.2 Å². The van der Waals surface area contributed by atoms with Gasteiger partial charge in [-0.05, 0) is 67.4 Å². The molecule has 10 nitrogen and oxygen atoms in total. The van der Waals surface area contributed by atoms with Crippen molar-refractivity contribution in [1.29, 1.82) is 0 Å². The molecule has 0 aromatic heterocycles. The summed E-state index contributed by atoms with van der Waals surface area (Å²) in [5.74, 6) is -3.47. The first-order valence-electron chi connectivity index (χ1n) is 16.0. The Bertz CT molecular complexity index is 867. The van der Waals surface area contributed by atoms with Gasteiger partial charge in [0, 0.05) is 13.2 Å². The van der Waals surface area contributed by atoms with Crippen LogP contribution in [-0.4, -0.2) is 95.5 Å². The van der Waals surface area contributed by atoms with Crippen LogP contribution >= 0.6 is 0 Å². The van der Waals surface area contributed by atoms with Crippen LogP contribution in [-0.2, 0) is 42.7 Å². The molecule has 0 saturated carbocycles. The van der Waals surface area contributed by atoms with Crippen molar-refractivity contribution >= 4 is 5.97 Å². The molecule has 3 rings (SSSR count). The number of ether oxygens (including phenoxy) is 8. The zero-order chi connectivity index (χ0) is 31.2. The van der Waals surface area contributed by atoms with E-state index >= 15 is 0 Å². The van der Waals surface area contributed by atoms with Gasteiger partial charge in [0.1, 0.15) is 12.5 Å². The predicted octanol–water partition coefficient (Wildman–Crippen LogP) is 4.93. The van der Waals surface area contributed by atoms with E-state index in [1.807, 2.05) is 6.08 Å². The number of allylic oxidation sites excluding steroid dienone is 2. The van der Waals surface area contributed by atoms with Gasteiger partial charge in [-0.2, -0.15) is 0 Å². The van der Waals surface area contributed by atoms with Gasteiger partial charge in [0.15, 0.2) is 12.6 Å². The molecule has 2 heterocycles. The zero-order valence-electron chi connectivity index (χ0n) is 27.1. The Balaban J connectivity index is 1.47. The molecule has 248 valence electrons. The number of rotatable bonds is 18. The fourth-order valence-electron chi connectivity index (χ4n) is 5.84. The third-order valence-electron chi connectivity index (χ3n) is 7.67. The monoisotopic (exact) mass is 612 g/mol. The van der Waals surface area contributed by atoms with Crippen LogP contribution in [0.2, 0.25) is 0 Å². The van der Waals surface area contributed by atoms with Gasteiger partial charge in [0.25, 0.3) is 0 Å². The maximum atomic E-state index is 13.3. The molecule has 0 amide bonds. The largest absolute Gasteiger partial charge is 0.463 e. The van der Waals surface area contributed by atoms with Gasteiger partial charge in [0.2, 0.25) is 5.79 Å². The topological polar surface area (TPSA) is 111 Å². The summed E-state index contributed by atoms with van der Waals surface area (Å²) < 4.78 is 45.1. The van der Waals surface area contributed by atoms with E-state index in [0.29, 0.717) is 26.4 Å². The summed E-state index contributed by atoms with van der Waals surface area (Å²) in [7, 11) is 0. The van der Waals surface area contributed by atoms with Crippen molar-refractivity contribution in [2.24, 2.45) is 16.7 Å². The molecule has 10 heteroatoms. The molecule has 1 aliphatic carbocycles. The van der Waals surface area contributed by atoms with Gasteiger partial charge in [-0.15, -0.1) is 0 Å². The number of aliphatic hydroxyl groups is 1. The molecule has 0 spiro atoms. The van der Waals surface area contributed by atoms with Crippen LogP contribution in [0.25, 0.3) is 0 Å². The first kappa shape index (κ1) is 36.1.